The van der Waals surface area contributed by atoms with E-state index < -0.39 is 0 Å². The molecule has 0 unspecified atom stereocenters. The molecule has 0 aliphatic rings. The van der Waals surface area contributed by atoms with Crippen molar-refractivity contribution in [3.8, 4) is 11.5 Å². The van der Waals surface area contributed by atoms with Crippen molar-refractivity contribution in [3.63, 3.8) is 0 Å². The molecule has 0 aliphatic carbocycles. The molecule has 0 saturated carbocycles. The van der Waals surface area contributed by atoms with Crippen LogP contribution in [0.5, 0.6) is 11.5 Å². The van der Waals surface area contributed by atoms with E-state index in [4.69, 9.17) is 13.9 Å². The van der Waals surface area contributed by atoms with Crippen molar-refractivity contribution in [1.29, 1.82) is 0 Å². The zero-order chi connectivity index (χ0) is 14.8. The highest BCUT2D eigenvalue weighted by Gasteiger charge is 2.16. The minimum atomic E-state index is -0.188. The molecule has 0 radical (unpaired) electrons. The molecule has 4 nitrogen and oxygen atoms in total. The number of fused-ring (bicyclic) bond motifs is 1. The summed E-state index contributed by atoms with van der Waals surface area (Å²) in [6.45, 7) is 0. The summed E-state index contributed by atoms with van der Waals surface area (Å²) in [5.41, 5.74) is 1.19. The van der Waals surface area contributed by atoms with Gasteiger partial charge in [0, 0.05) is 10.9 Å². The van der Waals surface area contributed by atoms with Gasteiger partial charge in [-0.25, -0.2) is 0 Å². The fourth-order valence-electron chi connectivity index (χ4n) is 2.21. The molecule has 0 fully saturated rings. The number of furan rings is 1. The van der Waals surface area contributed by atoms with Gasteiger partial charge in [-0.05, 0) is 30.3 Å². The van der Waals surface area contributed by atoms with Crippen LogP contribution in [0.2, 0.25) is 0 Å². The van der Waals surface area contributed by atoms with Gasteiger partial charge in [0.2, 0.25) is 5.78 Å². The summed E-state index contributed by atoms with van der Waals surface area (Å²) in [5, 5.41) is 0.904. The van der Waals surface area contributed by atoms with Crippen LogP contribution in [0.1, 0.15) is 16.1 Å². The Morgan fingerprint density at radius 1 is 0.952 bits per heavy atom. The van der Waals surface area contributed by atoms with Crippen molar-refractivity contribution in [3.05, 3.63) is 59.9 Å². The summed E-state index contributed by atoms with van der Waals surface area (Å²) < 4.78 is 16.0. The Bertz CT molecular complexity index is 768. The number of methoxy groups -OCH3 is 2. The second-order valence-electron chi connectivity index (χ2n) is 4.55. The van der Waals surface area contributed by atoms with E-state index >= 15 is 0 Å². The third kappa shape index (κ3) is 2.36. The standard InChI is InChI=1S/C17H14O4/c1-19-14-8-7-12(10-15(14)20-2)17(18)16-9-11-5-3-4-6-13(11)21-16/h3-10H,1-2H3. The second kappa shape index (κ2) is 5.32. The van der Waals surface area contributed by atoms with Crippen LogP contribution >= 0.6 is 0 Å². The van der Waals surface area contributed by atoms with E-state index in [1.54, 1.807) is 31.4 Å². The lowest BCUT2D eigenvalue weighted by atomic mass is 10.1. The van der Waals surface area contributed by atoms with Gasteiger partial charge in [-0.2, -0.15) is 0 Å². The number of carbonyl (C=O) groups is 1. The van der Waals surface area contributed by atoms with Gasteiger partial charge < -0.3 is 13.9 Å². The largest absolute Gasteiger partial charge is 0.493 e. The van der Waals surface area contributed by atoms with Crippen molar-refractivity contribution >= 4 is 16.8 Å². The lowest BCUT2D eigenvalue weighted by Gasteiger charge is -2.08. The molecule has 0 spiro atoms. The number of rotatable bonds is 4. The zero-order valence-electron chi connectivity index (χ0n) is 11.8. The first kappa shape index (κ1) is 13.2. The topological polar surface area (TPSA) is 48.7 Å². The van der Waals surface area contributed by atoms with Gasteiger partial charge in [0.25, 0.3) is 0 Å². The molecule has 2 aromatic carbocycles. The molecule has 0 bridgehead atoms. The highest BCUT2D eigenvalue weighted by molar-refractivity contribution is 6.09. The van der Waals surface area contributed by atoms with Crippen molar-refractivity contribution in [2.75, 3.05) is 14.2 Å². The highest BCUT2D eigenvalue weighted by atomic mass is 16.5. The lowest BCUT2D eigenvalue weighted by molar-refractivity contribution is 0.101. The molecule has 3 rings (SSSR count). The van der Waals surface area contributed by atoms with E-state index in [-0.39, 0.29) is 5.78 Å². The van der Waals surface area contributed by atoms with Gasteiger partial charge in [-0.15, -0.1) is 0 Å². The summed E-state index contributed by atoms with van der Waals surface area (Å²) >= 11 is 0. The Morgan fingerprint density at radius 2 is 1.71 bits per heavy atom. The first-order chi connectivity index (χ1) is 10.2. The van der Waals surface area contributed by atoms with Gasteiger partial charge in [0.05, 0.1) is 14.2 Å². The molecule has 0 N–H and O–H groups in total. The van der Waals surface area contributed by atoms with Gasteiger partial charge in [0.1, 0.15) is 5.58 Å². The van der Waals surface area contributed by atoms with E-state index in [1.165, 1.54) is 7.11 Å². The predicted octanol–water partition coefficient (Wildman–Crippen LogP) is 3.68. The van der Waals surface area contributed by atoms with Crippen molar-refractivity contribution in [2.24, 2.45) is 0 Å². The summed E-state index contributed by atoms with van der Waals surface area (Å²) in [7, 11) is 3.09. The molecule has 3 aromatic rings. The summed E-state index contributed by atoms with van der Waals surface area (Å²) in [5.74, 6) is 1.22. The van der Waals surface area contributed by atoms with Crippen LogP contribution < -0.4 is 9.47 Å². The number of hydrogen-bond donors (Lipinski definition) is 0. The Morgan fingerprint density at radius 3 is 2.43 bits per heavy atom. The molecule has 21 heavy (non-hydrogen) atoms. The van der Waals surface area contributed by atoms with Crippen LogP contribution in [-0.4, -0.2) is 20.0 Å². The summed E-state index contributed by atoms with van der Waals surface area (Å²) in [6, 6.07) is 14.3. The minimum absolute atomic E-state index is 0.188. The zero-order valence-corrected chi connectivity index (χ0v) is 11.8. The van der Waals surface area contributed by atoms with Gasteiger partial charge in [-0.1, -0.05) is 18.2 Å². The van der Waals surface area contributed by atoms with Gasteiger partial charge in [0.15, 0.2) is 17.3 Å². The van der Waals surface area contributed by atoms with E-state index in [2.05, 4.69) is 0 Å². The molecule has 1 heterocycles. The van der Waals surface area contributed by atoms with Crippen LogP contribution in [0.4, 0.5) is 0 Å². The quantitative estimate of drug-likeness (QED) is 0.685. The van der Waals surface area contributed by atoms with Crippen LogP contribution in [0.25, 0.3) is 11.0 Å². The Balaban J connectivity index is 2.01. The van der Waals surface area contributed by atoms with Crippen LogP contribution in [0.15, 0.2) is 52.9 Å². The number of ketones is 1. The number of carbonyl (C=O) groups excluding carboxylic acids is 1. The number of benzene rings is 2. The Kier molecular flexibility index (Phi) is 3.36. The smallest absolute Gasteiger partial charge is 0.228 e. The van der Waals surface area contributed by atoms with Crippen LogP contribution in [0.3, 0.4) is 0 Å². The van der Waals surface area contributed by atoms with E-state index in [9.17, 15) is 4.79 Å². The van der Waals surface area contributed by atoms with Gasteiger partial charge in [-0.3, -0.25) is 4.79 Å². The molecule has 0 amide bonds. The van der Waals surface area contributed by atoms with Crippen LogP contribution in [0, 0.1) is 0 Å². The van der Waals surface area contributed by atoms with Crippen molar-refractivity contribution in [2.45, 2.75) is 0 Å². The number of hydrogen-bond acceptors (Lipinski definition) is 4. The van der Waals surface area contributed by atoms with Gasteiger partial charge >= 0.3 is 0 Å². The molecule has 4 heteroatoms. The minimum Gasteiger partial charge on any atom is -0.493 e. The maximum Gasteiger partial charge on any atom is 0.228 e. The molecule has 106 valence electrons. The monoisotopic (exact) mass is 282 g/mol. The number of ether oxygens (including phenoxy) is 2. The summed E-state index contributed by atoms with van der Waals surface area (Å²) in [6.07, 6.45) is 0. The lowest BCUT2D eigenvalue weighted by Crippen LogP contribution is -2.01. The average Bonchev–Trinajstić information content (AvgIpc) is 2.97. The van der Waals surface area contributed by atoms with E-state index in [0.717, 1.165) is 5.39 Å². The average molecular weight is 282 g/mol. The summed E-state index contributed by atoms with van der Waals surface area (Å²) in [4.78, 5) is 12.5. The fraction of sp³-hybridized carbons (Fsp3) is 0.118. The third-order valence-electron chi connectivity index (χ3n) is 3.30. The second-order valence-corrected chi connectivity index (χ2v) is 4.55. The van der Waals surface area contributed by atoms with Crippen LogP contribution in [-0.2, 0) is 0 Å². The molecular weight excluding hydrogens is 268 g/mol. The molecule has 0 saturated heterocycles. The fourth-order valence-corrected chi connectivity index (χ4v) is 2.21. The first-order valence-electron chi connectivity index (χ1n) is 6.48. The Hall–Kier alpha value is -2.75. The molecule has 0 aliphatic heterocycles. The van der Waals surface area contributed by atoms with E-state index in [1.807, 2.05) is 24.3 Å². The SMILES string of the molecule is COc1ccc(C(=O)c2cc3ccccc3o2)cc1OC. The number of para-hydroxylation sites is 1. The highest BCUT2D eigenvalue weighted by Crippen LogP contribution is 2.29. The van der Waals surface area contributed by atoms with Crippen molar-refractivity contribution in [1.82, 2.24) is 0 Å². The van der Waals surface area contributed by atoms with Crippen molar-refractivity contribution < 1.29 is 18.7 Å². The Labute approximate surface area is 121 Å². The third-order valence-corrected chi connectivity index (χ3v) is 3.30. The molecule has 1 aromatic heterocycles. The molecule has 0 atom stereocenters. The normalized spacial score (nSPS) is 10.6. The maximum absolute atomic E-state index is 12.5. The van der Waals surface area contributed by atoms with E-state index in [0.29, 0.717) is 28.4 Å². The first-order valence-corrected chi connectivity index (χ1v) is 6.48. The predicted molar refractivity (Wildman–Crippen MR) is 79.2 cm³/mol. The maximum atomic E-state index is 12.5. The molecular formula is C17H14O4.